The monoisotopic (exact) mass is 387 g/mol. The fourth-order valence-corrected chi connectivity index (χ4v) is 4.00. The van der Waals surface area contributed by atoms with Gasteiger partial charge in [-0.25, -0.2) is 4.39 Å². The van der Waals surface area contributed by atoms with Crippen LogP contribution in [0.4, 0.5) is 4.39 Å². The number of halogens is 1. The highest BCUT2D eigenvalue weighted by Gasteiger charge is 2.39. The Morgan fingerprint density at radius 2 is 2.14 bits per heavy atom. The zero-order valence-corrected chi connectivity index (χ0v) is 15.8. The molecule has 28 heavy (non-hydrogen) atoms. The maximum absolute atomic E-state index is 13.3. The van der Waals surface area contributed by atoms with Crippen molar-refractivity contribution in [3.05, 3.63) is 29.4 Å². The summed E-state index contributed by atoms with van der Waals surface area (Å²) in [4.78, 5) is 30.8. The van der Waals surface area contributed by atoms with Crippen molar-refractivity contribution in [2.24, 2.45) is 0 Å². The van der Waals surface area contributed by atoms with Crippen LogP contribution >= 0.6 is 0 Å². The largest absolute Gasteiger partial charge is 0.417 e. The first-order chi connectivity index (χ1) is 13.4. The van der Waals surface area contributed by atoms with Gasteiger partial charge in [0.15, 0.2) is 6.17 Å². The number of nitrogens with zero attached hydrogens (tertiary/aromatic N) is 4. The number of hydrogen-bond donors (Lipinski definition) is 1. The SMILES string of the molecule is CC(=O)N[C@@H]1CCCC[C@H]1N1Cc2ncc(-c3nnc(C(C)F)o3)cc2C1=O. The third kappa shape index (κ3) is 3.36. The van der Waals surface area contributed by atoms with Gasteiger partial charge in [0.1, 0.15) is 0 Å². The molecule has 9 heteroatoms. The predicted octanol–water partition coefficient (Wildman–Crippen LogP) is 2.57. The van der Waals surface area contributed by atoms with Crippen molar-refractivity contribution >= 4 is 11.8 Å². The maximum atomic E-state index is 13.3. The van der Waals surface area contributed by atoms with E-state index in [-0.39, 0.29) is 35.7 Å². The van der Waals surface area contributed by atoms with E-state index in [1.54, 1.807) is 17.2 Å². The third-order valence-corrected chi connectivity index (χ3v) is 5.33. The van der Waals surface area contributed by atoms with Crippen molar-refractivity contribution in [3.8, 4) is 11.5 Å². The van der Waals surface area contributed by atoms with E-state index in [1.165, 1.54) is 13.8 Å². The molecule has 2 aliphatic rings. The highest BCUT2D eigenvalue weighted by Crippen LogP contribution is 2.32. The van der Waals surface area contributed by atoms with Crippen LogP contribution in [-0.2, 0) is 11.3 Å². The molecule has 1 saturated carbocycles. The van der Waals surface area contributed by atoms with Gasteiger partial charge in [-0.3, -0.25) is 14.6 Å². The van der Waals surface area contributed by atoms with E-state index in [9.17, 15) is 14.0 Å². The quantitative estimate of drug-likeness (QED) is 0.865. The van der Waals surface area contributed by atoms with Crippen LogP contribution in [0.25, 0.3) is 11.5 Å². The molecule has 1 aliphatic carbocycles. The van der Waals surface area contributed by atoms with Gasteiger partial charge in [-0.05, 0) is 25.8 Å². The van der Waals surface area contributed by atoms with Crippen molar-refractivity contribution < 1.29 is 18.4 Å². The molecule has 1 unspecified atom stereocenters. The van der Waals surface area contributed by atoms with E-state index < -0.39 is 6.17 Å². The summed E-state index contributed by atoms with van der Waals surface area (Å²) in [5.74, 6) is -0.181. The molecule has 0 aromatic carbocycles. The van der Waals surface area contributed by atoms with Crippen LogP contribution in [-0.4, -0.2) is 44.0 Å². The highest BCUT2D eigenvalue weighted by molar-refractivity contribution is 5.99. The van der Waals surface area contributed by atoms with E-state index >= 15 is 0 Å². The van der Waals surface area contributed by atoms with Crippen LogP contribution in [0.5, 0.6) is 0 Å². The lowest BCUT2D eigenvalue weighted by Crippen LogP contribution is -2.53. The molecule has 3 atom stereocenters. The molecule has 1 fully saturated rings. The summed E-state index contributed by atoms with van der Waals surface area (Å²) < 4.78 is 18.6. The molecule has 4 rings (SSSR count). The van der Waals surface area contributed by atoms with Crippen molar-refractivity contribution in [1.82, 2.24) is 25.4 Å². The Morgan fingerprint density at radius 1 is 1.36 bits per heavy atom. The first-order valence-electron chi connectivity index (χ1n) is 9.49. The van der Waals surface area contributed by atoms with E-state index in [2.05, 4.69) is 20.5 Å². The number of alkyl halides is 1. The van der Waals surface area contributed by atoms with Crippen molar-refractivity contribution in [2.75, 3.05) is 0 Å². The second-order valence-electron chi connectivity index (χ2n) is 7.37. The number of carbonyl (C=O) groups is 2. The van der Waals surface area contributed by atoms with Gasteiger partial charge in [0.2, 0.25) is 11.8 Å². The first-order valence-corrected chi connectivity index (χ1v) is 9.49. The summed E-state index contributed by atoms with van der Waals surface area (Å²) in [5, 5.41) is 10.5. The standard InChI is InChI=1S/C19H22FN5O3/c1-10(20)17-23-24-18(28-17)12-7-13-15(21-8-12)9-25(19(13)27)16-6-4-3-5-14(16)22-11(2)26/h7-8,10,14,16H,3-6,9H2,1-2H3,(H,22,26)/t10?,14-,16-/m1/s1. The second kappa shape index (κ2) is 7.29. The van der Waals surface area contributed by atoms with Crippen LogP contribution in [0.2, 0.25) is 0 Å². The minimum absolute atomic E-state index is 0.0477. The predicted molar refractivity (Wildman–Crippen MR) is 96.8 cm³/mol. The van der Waals surface area contributed by atoms with Gasteiger partial charge in [-0.15, -0.1) is 10.2 Å². The summed E-state index contributed by atoms with van der Waals surface area (Å²) in [6, 6.07) is 1.57. The molecular formula is C19H22FN5O3. The van der Waals surface area contributed by atoms with Gasteiger partial charge in [0.05, 0.1) is 29.4 Å². The van der Waals surface area contributed by atoms with Crippen molar-refractivity contribution in [1.29, 1.82) is 0 Å². The minimum atomic E-state index is -1.36. The Kier molecular flexibility index (Phi) is 4.82. The molecular weight excluding hydrogens is 365 g/mol. The summed E-state index contributed by atoms with van der Waals surface area (Å²) in [6.07, 6.45) is 3.95. The third-order valence-electron chi connectivity index (χ3n) is 5.33. The number of aromatic nitrogens is 3. The normalized spacial score (nSPS) is 22.8. The van der Waals surface area contributed by atoms with E-state index in [0.29, 0.717) is 23.4 Å². The summed E-state index contributed by atoms with van der Waals surface area (Å²) in [5.41, 5.74) is 1.65. The fraction of sp³-hybridized carbons (Fsp3) is 0.526. The smallest absolute Gasteiger partial charge is 0.256 e. The number of nitrogens with one attached hydrogen (secondary N) is 1. The number of fused-ring (bicyclic) bond motifs is 1. The Labute approximate surface area is 161 Å². The first kappa shape index (κ1) is 18.5. The number of pyridine rings is 1. The molecule has 3 heterocycles. The van der Waals surface area contributed by atoms with Gasteiger partial charge >= 0.3 is 0 Å². The topological polar surface area (TPSA) is 101 Å². The van der Waals surface area contributed by atoms with Gasteiger partial charge in [0, 0.05) is 19.2 Å². The van der Waals surface area contributed by atoms with Gasteiger partial charge in [-0.2, -0.15) is 0 Å². The molecule has 2 aromatic heterocycles. The van der Waals surface area contributed by atoms with Crippen LogP contribution in [0.15, 0.2) is 16.7 Å². The molecule has 2 aromatic rings. The zero-order chi connectivity index (χ0) is 19.8. The van der Waals surface area contributed by atoms with E-state index in [0.717, 1.165) is 25.7 Å². The summed E-state index contributed by atoms with van der Waals surface area (Å²) in [6.45, 7) is 3.22. The van der Waals surface area contributed by atoms with Crippen molar-refractivity contribution in [3.63, 3.8) is 0 Å². The average molecular weight is 387 g/mol. The number of hydrogen-bond acceptors (Lipinski definition) is 6. The lowest BCUT2D eigenvalue weighted by Gasteiger charge is -2.38. The Morgan fingerprint density at radius 3 is 2.86 bits per heavy atom. The lowest BCUT2D eigenvalue weighted by atomic mass is 9.89. The minimum Gasteiger partial charge on any atom is -0.417 e. The highest BCUT2D eigenvalue weighted by atomic mass is 19.1. The number of rotatable bonds is 4. The van der Waals surface area contributed by atoms with Crippen LogP contribution in [0, 0.1) is 0 Å². The maximum Gasteiger partial charge on any atom is 0.256 e. The number of amides is 2. The molecule has 1 N–H and O–H groups in total. The summed E-state index contributed by atoms with van der Waals surface area (Å²) in [7, 11) is 0. The fourth-order valence-electron chi connectivity index (χ4n) is 4.00. The molecule has 1 aliphatic heterocycles. The van der Waals surface area contributed by atoms with Crippen LogP contribution in [0.3, 0.4) is 0 Å². The summed E-state index contributed by atoms with van der Waals surface area (Å²) >= 11 is 0. The van der Waals surface area contributed by atoms with Crippen molar-refractivity contribution in [2.45, 2.75) is 64.3 Å². The van der Waals surface area contributed by atoms with Crippen LogP contribution < -0.4 is 5.32 Å². The molecule has 0 saturated heterocycles. The molecule has 2 amide bonds. The Balaban J connectivity index is 1.58. The van der Waals surface area contributed by atoms with Gasteiger partial charge in [0.25, 0.3) is 11.8 Å². The molecule has 148 valence electrons. The lowest BCUT2D eigenvalue weighted by molar-refractivity contribution is -0.120. The van der Waals surface area contributed by atoms with Gasteiger partial charge < -0.3 is 14.6 Å². The zero-order valence-electron chi connectivity index (χ0n) is 15.8. The van der Waals surface area contributed by atoms with E-state index in [4.69, 9.17) is 4.42 Å². The Bertz CT molecular complexity index is 913. The van der Waals surface area contributed by atoms with Gasteiger partial charge in [-0.1, -0.05) is 12.8 Å². The molecule has 0 spiro atoms. The van der Waals surface area contributed by atoms with E-state index in [1.807, 2.05) is 0 Å². The molecule has 8 nitrogen and oxygen atoms in total. The number of carbonyl (C=O) groups excluding carboxylic acids is 2. The Hall–Kier alpha value is -2.84. The molecule has 0 radical (unpaired) electrons. The second-order valence-corrected chi connectivity index (χ2v) is 7.37. The molecule has 0 bridgehead atoms. The average Bonchev–Trinajstić information content (AvgIpc) is 3.27. The van der Waals surface area contributed by atoms with Crippen LogP contribution in [0.1, 0.15) is 67.6 Å².